The van der Waals surface area contributed by atoms with Crippen molar-refractivity contribution in [3.63, 3.8) is 0 Å². The van der Waals surface area contributed by atoms with Crippen molar-refractivity contribution in [3.8, 4) is 46.3 Å². The molecule has 12 heteroatoms. The van der Waals surface area contributed by atoms with Gasteiger partial charge in [-0.1, -0.05) is 23.2 Å². The lowest BCUT2D eigenvalue weighted by atomic mass is 9.41. The molecule has 10 nitrogen and oxygen atoms in total. The Labute approximate surface area is 277 Å². The van der Waals surface area contributed by atoms with Crippen LogP contribution in [0.4, 0.5) is 0 Å². The minimum absolute atomic E-state index is 0.0783. The molecule has 0 amide bonds. The molecule has 0 aliphatic heterocycles. The number of benzene rings is 2. The Balaban J connectivity index is 1.28. The first-order valence-corrected chi connectivity index (χ1v) is 15.9. The molecular weight excluding hydrogens is 631 g/mol. The largest absolute Gasteiger partial charge is 0.493 e. The number of halogens is 2. The highest BCUT2D eigenvalue weighted by Crippen LogP contribution is 2.67. The van der Waals surface area contributed by atoms with Gasteiger partial charge in [0, 0.05) is 0 Å². The Bertz CT molecular complexity index is 1600. The summed E-state index contributed by atoms with van der Waals surface area (Å²) in [6.07, 6.45) is 12.5. The van der Waals surface area contributed by atoms with Gasteiger partial charge in [-0.25, -0.2) is 0 Å². The second-order valence-electron chi connectivity index (χ2n) is 12.5. The number of methoxy groups -OCH3 is 4. The zero-order chi connectivity index (χ0) is 32.1. The van der Waals surface area contributed by atoms with Gasteiger partial charge < -0.3 is 28.4 Å². The zero-order valence-electron chi connectivity index (χ0n) is 26.0. The summed E-state index contributed by atoms with van der Waals surface area (Å²) in [5, 5.41) is 0.467. The second-order valence-corrected chi connectivity index (χ2v) is 13.3. The molecule has 4 aromatic rings. The molecule has 4 saturated carbocycles. The van der Waals surface area contributed by atoms with E-state index in [1.807, 2.05) is 0 Å². The van der Waals surface area contributed by atoms with E-state index in [1.54, 1.807) is 28.4 Å². The van der Waals surface area contributed by atoms with Crippen molar-refractivity contribution in [2.45, 2.75) is 49.4 Å². The molecule has 2 heterocycles. The van der Waals surface area contributed by atoms with Crippen LogP contribution >= 0.6 is 23.2 Å². The molecule has 46 heavy (non-hydrogen) atoms. The van der Waals surface area contributed by atoms with E-state index in [-0.39, 0.29) is 32.9 Å². The quantitative estimate of drug-likeness (QED) is 0.166. The molecule has 8 rings (SSSR count). The maximum Gasteiger partial charge on any atom is 0.239 e. The van der Waals surface area contributed by atoms with Gasteiger partial charge in [-0.05, 0) is 96.6 Å². The Morgan fingerprint density at radius 1 is 0.587 bits per heavy atom. The van der Waals surface area contributed by atoms with Crippen LogP contribution in [0.3, 0.4) is 0 Å². The van der Waals surface area contributed by atoms with E-state index in [0.29, 0.717) is 46.3 Å². The van der Waals surface area contributed by atoms with Crippen molar-refractivity contribution < 1.29 is 28.4 Å². The summed E-state index contributed by atoms with van der Waals surface area (Å²) in [6, 6.07) is 8.39. The predicted molar refractivity (Wildman–Crippen MR) is 171 cm³/mol. The van der Waals surface area contributed by atoms with Gasteiger partial charge in [0.2, 0.25) is 23.3 Å². The maximum atomic E-state index is 6.11. The van der Waals surface area contributed by atoms with E-state index in [1.165, 1.54) is 42.3 Å². The van der Waals surface area contributed by atoms with Gasteiger partial charge in [0.15, 0.2) is 33.3 Å². The Morgan fingerprint density at radius 2 is 0.957 bits per heavy atom. The summed E-state index contributed by atoms with van der Waals surface area (Å²) >= 11 is 12.1. The fourth-order valence-corrected chi connectivity index (χ4v) is 8.75. The van der Waals surface area contributed by atoms with Gasteiger partial charge in [0.05, 0.1) is 53.2 Å². The molecule has 0 atom stereocenters. The normalized spacial score (nSPS) is 24.4. The minimum atomic E-state index is -0.0783. The van der Waals surface area contributed by atoms with Gasteiger partial charge >= 0.3 is 0 Å². The summed E-state index contributed by atoms with van der Waals surface area (Å²) < 4.78 is 35.8. The van der Waals surface area contributed by atoms with Crippen molar-refractivity contribution >= 4 is 23.2 Å². The van der Waals surface area contributed by atoms with Crippen LogP contribution in [-0.4, -0.2) is 48.4 Å². The average molecular weight is 666 g/mol. The molecule has 0 spiro atoms. The third kappa shape index (κ3) is 5.41. The number of hydrogen-bond acceptors (Lipinski definition) is 10. The van der Waals surface area contributed by atoms with Crippen molar-refractivity contribution in [1.29, 1.82) is 0 Å². The van der Waals surface area contributed by atoms with Gasteiger partial charge in [-0.15, -0.1) is 0 Å². The molecular formula is C34H34Cl2N4O6. The molecule has 4 aliphatic carbocycles. The lowest BCUT2D eigenvalue weighted by molar-refractivity contribution is -0.0284. The highest BCUT2D eigenvalue weighted by atomic mass is 35.5. The van der Waals surface area contributed by atoms with Gasteiger partial charge in [0.25, 0.3) is 0 Å². The molecule has 0 N–H and O–H groups in total. The van der Waals surface area contributed by atoms with Crippen LogP contribution in [0.15, 0.2) is 49.1 Å². The molecule has 4 bridgehead atoms. The fourth-order valence-electron chi connectivity index (χ4n) is 8.47. The molecule has 2 aromatic heterocycles. The molecule has 240 valence electrons. The van der Waals surface area contributed by atoms with Crippen LogP contribution < -0.4 is 28.4 Å². The summed E-state index contributed by atoms with van der Waals surface area (Å²) in [7, 11) is 6.53. The van der Waals surface area contributed by atoms with E-state index >= 15 is 0 Å². The number of nitrogens with zero attached hydrogens (tertiary/aromatic N) is 4. The zero-order valence-corrected chi connectivity index (χ0v) is 27.5. The number of aromatic nitrogens is 4. The van der Waals surface area contributed by atoms with Crippen LogP contribution in [-0.2, 0) is 10.8 Å². The average Bonchev–Trinajstić information content (AvgIpc) is 3.04. The topological polar surface area (TPSA) is 107 Å². The summed E-state index contributed by atoms with van der Waals surface area (Å²) in [4.78, 5) is 16.6. The standard InChI is InChI=1S/C34H34Cl2N4O6/c1-41-23-6-21(7-24(42-2)31(23)45-29-16-37-14-27(35)39-29)33-10-19-5-20(11-33)13-34(12-19,18-33)22-8-25(43-3)32(26(9-22)44-4)46-30-17-38-15-28(36)40-30/h6-9,14-17,19-20H,5,10-13,18H2,1-4H3. The Kier molecular flexibility index (Phi) is 7.97. The van der Waals surface area contributed by atoms with E-state index in [2.05, 4.69) is 44.2 Å². The van der Waals surface area contributed by atoms with Crippen LogP contribution in [0, 0.1) is 11.8 Å². The first-order valence-electron chi connectivity index (χ1n) is 15.1. The van der Waals surface area contributed by atoms with Crippen LogP contribution in [0.25, 0.3) is 0 Å². The predicted octanol–water partition coefficient (Wildman–Crippen LogP) is 7.98. The monoisotopic (exact) mass is 664 g/mol. The molecule has 0 saturated heterocycles. The fraction of sp³-hybridized carbons (Fsp3) is 0.412. The summed E-state index contributed by atoms with van der Waals surface area (Å²) in [6.45, 7) is 0. The second kappa shape index (κ2) is 12.0. The Morgan fingerprint density at radius 3 is 1.28 bits per heavy atom. The van der Waals surface area contributed by atoms with Crippen molar-refractivity contribution in [2.75, 3.05) is 28.4 Å². The molecule has 2 aromatic carbocycles. The smallest absolute Gasteiger partial charge is 0.239 e. The summed E-state index contributed by atoms with van der Waals surface area (Å²) in [5.41, 5.74) is 2.21. The SMILES string of the molecule is COc1cc(C23CC4CC(C2)CC(c2cc(OC)c(Oc5cncc(Cl)n5)c(OC)c2)(C4)C3)cc(OC)c1Oc1cncc(Cl)n1. The van der Waals surface area contributed by atoms with Crippen molar-refractivity contribution in [2.24, 2.45) is 11.8 Å². The van der Waals surface area contributed by atoms with Gasteiger partial charge in [-0.3, -0.25) is 9.97 Å². The van der Waals surface area contributed by atoms with E-state index in [9.17, 15) is 0 Å². The highest BCUT2D eigenvalue weighted by molar-refractivity contribution is 6.29. The minimum Gasteiger partial charge on any atom is -0.493 e. The third-order valence-electron chi connectivity index (χ3n) is 9.79. The van der Waals surface area contributed by atoms with Gasteiger partial charge in [0.1, 0.15) is 0 Å². The maximum absolute atomic E-state index is 6.11. The number of hydrogen-bond donors (Lipinski definition) is 0. The van der Waals surface area contributed by atoms with Crippen LogP contribution in [0.5, 0.6) is 46.3 Å². The highest BCUT2D eigenvalue weighted by Gasteiger charge is 2.59. The van der Waals surface area contributed by atoms with Gasteiger partial charge in [-0.2, -0.15) is 9.97 Å². The third-order valence-corrected chi connectivity index (χ3v) is 10.2. The first-order chi connectivity index (χ1) is 22.3. The van der Waals surface area contributed by atoms with Crippen molar-refractivity contribution in [3.05, 3.63) is 70.5 Å². The number of ether oxygens (including phenoxy) is 6. The lowest BCUT2D eigenvalue weighted by Crippen LogP contribution is -2.55. The van der Waals surface area contributed by atoms with E-state index < -0.39 is 0 Å². The van der Waals surface area contributed by atoms with E-state index in [4.69, 9.17) is 51.6 Å². The van der Waals surface area contributed by atoms with E-state index in [0.717, 1.165) is 32.1 Å². The molecule has 4 aliphatic rings. The number of rotatable bonds is 10. The Hall–Kier alpha value is -4.02. The molecule has 0 radical (unpaired) electrons. The lowest BCUT2D eigenvalue weighted by Gasteiger charge is -2.62. The molecule has 0 unspecified atom stereocenters. The summed E-state index contributed by atoms with van der Waals surface area (Å²) in [5.74, 6) is 4.77. The molecule has 4 fully saturated rings. The van der Waals surface area contributed by atoms with Crippen LogP contribution in [0.1, 0.15) is 49.7 Å². The first kappa shape index (κ1) is 30.6. The van der Waals surface area contributed by atoms with Crippen LogP contribution in [0.2, 0.25) is 10.3 Å². The van der Waals surface area contributed by atoms with Crippen molar-refractivity contribution in [1.82, 2.24) is 19.9 Å².